The van der Waals surface area contributed by atoms with Gasteiger partial charge < -0.3 is 15.2 Å². The Morgan fingerprint density at radius 3 is 2.85 bits per heavy atom. The van der Waals surface area contributed by atoms with Crippen LogP contribution in [0.25, 0.3) is 27.7 Å². The van der Waals surface area contributed by atoms with Crippen LogP contribution in [0.4, 0.5) is 10.2 Å². The minimum absolute atomic E-state index is 0.153. The number of anilines is 1. The first-order chi connectivity index (χ1) is 16.0. The van der Waals surface area contributed by atoms with Gasteiger partial charge in [0, 0.05) is 42.3 Å². The van der Waals surface area contributed by atoms with Crippen LogP contribution < -0.4 is 10.5 Å². The molecule has 4 heterocycles. The second-order valence-electron chi connectivity index (χ2n) is 7.89. The SMILES string of the molecule is CC(=O)c1c(OCCN2CCOCC2)nc2c(-c3cnc4ccc(F)cc4c3)cnn2c1N. The molecule has 170 valence electrons. The largest absolute Gasteiger partial charge is 0.476 e. The van der Waals surface area contributed by atoms with E-state index in [9.17, 15) is 9.18 Å². The number of rotatable bonds is 6. The van der Waals surface area contributed by atoms with Gasteiger partial charge in [-0.1, -0.05) is 0 Å². The number of pyridine rings is 1. The molecule has 0 atom stereocenters. The fourth-order valence-corrected chi connectivity index (χ4v) is 3.98. The molecule has 5 rings (SSSR count). The summed E-state index contributed by atoms with van der Waals surface area (Å²) in [6.07, 6.45) is 3.27. The maximum atomic E-state index is 13.7. The lowest BCUT2D eigenvalue weighted by molar-refractivity contribution is 0.0319. The number of ether oxygens (including phenoxy) is 2. The maximum absolute atomic E-state index is 13.7. The Balaban J connectivity index is 1.52. The summed E-state index contributed by atoms with van der Waals surface area (Å²) in [5, 5.41) is 4.98. The van der Waals surface area contributed by atoms with Crippen LogP contribution in [0.15, 0.2) is 36.7 Å². The van der Waals surface area contributed by atoms with Crippen LogP contribution in [0.3, 0.4) is 0 Å². The monoisotopic (exact) mass is 450 g/mol. The van der Waals surface area contributed by atoms with Crippen molar-refractivity contribution in [3.8, 4) is 17.0 Å². The standard InChI is InChI=1S/C23H23FN6O3/c1-14(31)20-21(25)30-22(28-23(20)33-9-6-29-4-7-32-8-5-29)18(13-27-30)16-10-15-11-17(24)2-3-19(15)26-12-16/h2-3,10-13H,4-9,25H2,1H3. The van der Waals surface area contributed by atoms with Gasteiger partial charge in [0.1, 0.15) is 23.8 Å². The highest BCUT2D eigenvalue weighted by atomic mass is 19.1. The van der Waals surface area contributed by atoms with Gasteiger partial charge in [-0.15, -0.1) is 0 Å². The van der Waals surface area contributed by atoms with Crippen LogP contribution in [0.5, 0.6) is 5.88 Å². The number of aromatic nitrogens is 4. The minimum atomic E-state index is -0.342. The summed E-state index contributed by atoms with van der Waals surface area (Å²) in [6.45, 7) is 5.50. The first-order valence-electron chi connectivity index (χ1n) is 10.7. The molecule has 1 saturated heterocycles. The average Bonchev–Trinajstić information content (AvgIpc) is 3.23. The highest BCUT2D eigenvalue weighted by molar-refractivity contribution is 6.01. The van der Waals surface area contributed by atoms with E-state index in [0.29, 0.717) is 54.0 Å². The quantitative estimate of drug-likeness (QED) is 0.447. The molecule has 9 nitrogen and oxygen atoms in total. The molecule has 1 aliphatic heterocycles. The number of nitrogen functional groups attached to an aromatic ring is 1. The van der Waals surface area contributed by atoms with Gasteiger partial charge in [0.15, 0.2) is 11.4 Å². The van der Waals surface area contributed by atoms with E-state index < -0.39 is 0 Å². The number of ketones is 1. The predicted octanol–water partition coefficient (Wildman–Crippen LogP) is 2.58. The summed E-state index contributed by atoms with van der Waals surface area (Å²) in [5.74, 6) is -0.281. The number of hydrogen-bond acceptors (Lipinski definition) is 8. The van der Waals surface area contributed by atoms with Crippen molar-refractivity contribution in [3.05, 3.63) is 48.0 Å². The number of Topliss-reactive ketones (excluding diaryl/α,β-unsaturated/α-hetero) is 1. The molecule has 0 aliphatic carbocycles. The normalized spacial score (nSPS) is 14.7. The molecule has 1 fully saturated rings. The summed E-state index contributed by atoms with van der Waals surface area (Å²) < 4.78 is 26.4. The van der Waals surface area contributed by atoms with Crippen molar-refractivity contribution in [2.75, 3.05) is 45.2 Å². The van der Waals surface area contributed by atoms with E-state index in [-0.39, 0.29) is 28.9 Å². The molecule has 3 aromatic heterocycles. The van der Waals surface area contributed by atoms with Crippen LogP contribution in [0.2, 0.25) is 0 Å². The van der Waals surface area contributed by atoms with E-state index in [1.807, 2.05) is 6.07 Å². The third-order valence-electron chi connectivity index (χ3n) is 5.71. The van der Waals surface area contributed by atoms with Crippen LogP contribution >= 0.6 is 0 Å². The average molecular weight is 450 g/mol. The lowest BCUT2D eigenvalue weighted by atomic mass is 10.1. The molecule has 0 radical (unpaired) electrons. The second kappa shape index (κ2) is 8.72. The summed E-state index contributed by atoms with van der Waals surface area (Å²) >= 11 is 0. The first-order valence-corrected chi connectivity index (χ1v) is 10.7. The number of halogens is 1. The molecule has 0 bridgehead atoms. The fraction of sp³-hybridized carbons (Fsp3) is 0.304. The highest BCUT2D eigenvalue weighted by Gasteiger charge is 2.22. The summed E-state index contributed by atoms with van der Waals surface area (Å²) in [6, 6.07) is 6.24. The van der Waals surface area contributed by atoms with Gasteiger partial charge >= 0.3 is 0 Å². The van der Waals surface area contributed by atoms with E-state index in [2.05, 4.69) is 20.0 Å². The third kappa shape index (κ3) is 4.10. The van der Waals surface area contributed by atoms with E-state index in [1.165, 1.54) is 23.6 Å². The molecule has 33 heavy (non-hydrogen) atoms. The second-order valence-corrected chi connectivity index (χ2v) is 7.89. The summed E-state index contributed by atoms with van der Waals surface area (Å²) in [7, 11) is 0. The van der Waals surface area contributed by atoms with Gasteiger partial charge in [-0.3, -0.25) is 14.7 Å². The Bertz CT molecular complexity index is 1350. The van der Waals surface area contributed by atoms with Gasteiger partial charge in [0.25, 0.3) is 0 Å². The van der Waals surface area contributed by atoms with Crippen molar-refractivity contribution < 1.29 is 18.7 Å². The van der Waals surface area contributed by atoms with E-state index >= 15 is 0 Å². The Morgan fingerprint density at radius 1 is 1.24 bits per heavy atom. The van der Waals surface area contributed by atoms with E-state index in [1.54, 1.807) is 18.5 Å². The Labute approximate surface area is 188 Å². The molecule has 0 amide bonds. The lowest BCUT2D eigenvalue weighted by Gasteiger charge is -2.26. The summed E-state index contributed by atoms with van der Waals surface area (Å²) in [4.78, 5) is 23.6. The molecule has 2 N–H and O–H groups in total. The fourth-order valence-electron chi connectivity index (χ4n) is 3.98. The first kappa shape index (κ1) is 21.2. The molecular formula is C23H23FN6O3. The van der Waals surface area contributed by atoms with Gasteiger partial charge in [-0.25, -0.2) is 4.39 Å². The maximum Gasteiger partial charge on any atom is 0.230 e. The number of carbonyl (C=O) groups is 1. The van der Waals surface area contributed by atoms with Crippen LogP contribution in [-0.2, 0) is 4.74 Å². The highest BCUT2D eigenvalue weighted by Crippen LogP contribution is 2.31. The number of morpholine rings is 1. The van der Waals surface area contributed by atoms with Crippen LogP contribution in [-0.4, -0.2) is 69.7 Å². The predicted molar refractivity (Wildman–Crippen MR) is 121 cm³/mol. The Kier molecular flexibility index (Phi) is 5.61. The summed E-state index contributed by atoms with van der Waals surface area (Å²) in [5.41, 5.74) is 8.95. The molecule has 10 heteroatoms. The zero-order valence-corrected chi connectivity index (χ0v) is 18.1. The van der Waals surface area contributed by atoms with Gasteiger partial charge in [-0.05, 0) is 31.2 Å². The number of nitrogens with two attached hydrogens (primary N) is 1. The number of carbonyl (C=O) groups excluding carboxylic acids is 1. The molecule has 0 spiro atoms. The molecular weight excluding hydrogens is 427 g/mol. The zero-order chi connectivity index (χ0) is 22.9. The number of nitrogens with zero attached hydrogens (tertiary/aromatic N) is 5. The van der Waals surface area contributed by atoms with Crippen molar-refractivity contribution >= 4 is 28.2 Å². The third-order valence-corrected chi connectivity index (χ3v) is 5.71. The topological polar surface area (TPSA) is 108 Å². The molecule has 4 aromatic rings. The van der Waals surface area contributed by atoms with Crippen LogP contribution in [0.1, 0.15) is 17.3 Å². The van der Waals surface area contributed by atoms with Crippen molar-refractivity contribution in [1.82, 2.24) is 24.5 Å². The van der Waals surface area contributed by atoms with Crippen LogP contribution in [0, 0.1) is 5.82 Å². The lowest BCUT2D eigenvalue weighted by Crippen LogP contribution is -2.38. The molecule has 0 unspecified atom stereocenters. The number of benzene rings is 1. The molecule has 0 saturated carbocycles. The van der Waals surface area contributed by atoms with Gasteiger partial charge in [0.2, 0.25) is 5.88 Å². The number of hydrogen-bond donors (Lipinski definition) is 1. The zero-order valence-electron chi connectivity index (χ0n) is 18.1. The Hall–Kier alpha value is -3.63. The Morgan fingerprint density at radius 2 is 2.06 bits per heavy atom. The number of fused-ring (bicyclic) bond motifs is 2. The van der Waals surface area contributed by atoms with E-state index in [0.717, 1.165) is 13.1 Å². The van der Waals surface area contributed by atoms with Crippen molar-refractivity contribution in [1.29, 1.82) is 0 Å². The smallest absolute Gasteiger partial charge is 0.230 e. The van der Waals surface area contributed by atoms with E-state index in [4.69, 9.17) is 15.2 Å². The molecule has 1 aromatic carbocycles. The van der Waals surface area contributed by atoms with Gasteiger partial charge in [0.05, 0.1) is 24.9 Å². The van der Waals surface area contributed by atoms with Crippen molar-refractivity contribution in [2.24, 2.45) is 0 Å². The molecule has 1 aliphatic rings. The van der Waals surface area contributed by atoms with Crippen molar-refractivity contribution in [2.45, 2.75) is 6.92 Å². The minimum Gasteiger partial charge on any atom is -0.476 e. The van der Waals surface area contributed by atoms with Crippen molar-refractivity contribution in [3.63, 3.8) is 0 Å². The van der Waals surface area contributed by atoms with Gasteiger partial charge in [-0.2, -0.15) is 14.6 Å².